The molecule has 106 valence electrons. The number of hydrogen-bond acceptors (Lipinski definition) is 4. The maximum Gasteiger partial charge on any atom is 0.185 e. The van der Waals surface area contributed by atoms with E-state index in [1.807, 2.05) is 18.2 Å². The Morgan fingerprint density at radius 3 is 2.90 bits per heavy atom. The Labute approximate surface area is 124 Å². The van der Waals surface area contributed by atoms with Gasteiger partial charge in [0, 0.05) is 30.4 Å². The molecule has 2 unspecified atom stereocenters. The van der Waals surface area contributed by atoms with Gasteiger partial charge in [0.2, 0.25) is 0 Å². The standard InChI is InChI=1S/C16H21N3S/c1-12-6-5-9-19(12)16-18-14(11-20-16)10-15(17)13-7-3-2-4-8-13/h2-4,7-8,11-12,15H,5-6,9-10,17H2,1H3. The van der Waals surface area contributed by atoms with Gasteiger partial charge in [0.1, 0.15) is 0 Å². The Bertz CT molecular complexity index is 552. The third kappa shape index (κ3) is 2.86. The Morgan fingerprint density at radius 2 is 2.20 bits per heavy atom. The fourth-order valence-corrected chi connectivity index (χ4v) is 3.75. The molecule has 4 heteroatoms. The average molecular weight is 287 g/mol. The van der Waals surface area contributed by atoms with Gasteiger partial charge < -0.3 is 10.6 Å². The molecule has 1 saturated heterocycles. The summed E-state index contributed by atoms with van der Waals surface area (Å²) in [6.07, 6.45) is 3.36. The zero-order valence-corrected chi connectivity index (χ0v) is 12.6. The Hall–Kier alpha value is -1.39. The molecule has 0 bridgehead atoms. The van der Waals surface area contributed by atoms with Gasteiger partial charge in [0.05, 0.1) is 5.69 Å². The van der Waals surface area contributed by atoms with Crippen molar-refractivity contribution in [3.05, 3.63) is 47.0 Å². The third-order valence-electron chi connectivity index (χ3n) is 4.00. The van der Waals surface area contributed by atoms with Crippen molar-refractivity contribution in [1.29, 1.82) is 0 Å². The number of nitrogens with zero attached hydrogens (tertiary/aromatic N) is 2. The van der Waals surface area contributed by atoms with Crippen molar-refractivity contribution in [2.45, 2.75) is 38.3 Å². The van der Waals surface area contributed by atoms with Crippen molar-refractivity contribution >= 4 is 16.5 Å². The van der Waals surface area contributed by atoms with Crippen LogP contribution in [0.5, 0.6) is 0 Å². The molecular formula is C16H21N3S. The number of thiazole rings is 1. The summed E-state index contributed by atoms with van der Waals surface area (Å²) in [6.45, 7) is 3.42. The van der Waals surface area contributed by atoms with Crippen LogP contribution in [0.2, 0.25) is 0 Å². The van der Waals surface area contributed by atoms with Gasteiger partial charge in [-0.2, -0.15) is 0 Å². The van der Waals surface area contributed by atoms with Crippen molar-refractivity contribution in [3.8, 4) is 0 Å². The van der Waals surface area contributed by atoms with E-state index in [1.54, 1.807) is 11.3 Å². The van der Waals surface area contributed by atoms with E-state index in [9.17, 15) is 0 Å². The van der Waals surface area contributed by atoms with Crippen LogP contribution in [0.15, 0.2) is 35.7 Å². The highest BCUT2D eigenvalue weighted by Crippen LogP contribution is 2.29. The lowest BCUT2D eigenvalue weighted by Gasteiger charge is -2.19. The van der Waals surface area contributed by atoms with Crippen LogP contribution in [-0.4, -0.2) is 17.6 Å². The fraction of sp³-hybridized carbons (Fsp3) is 0.438. The summed E-state index contributed by atoms with van der Waals surface area (Å²) >= 11 is 1.75. The van der Waals surface area contributed by atoms with Gasteiger partial charge in [0.15, 0.2) is 5.13 Å². The van der Waals surface area contributed by atoms with E-state index in [1.165, 1.54) is 18.4 Å². The normalized spacial score (nSPS) is 20.3. The van der Waals surface area contributed by atoms with Crippen molar-refractivity contribution < 1.29 is 0 Å². The average Bonchev–Trinajstić information content (AvgIpc) is 3.08. The Kier molecular flexibility index (Phi) is 4.03. The summed E-state index contributed by atoms with van der Waals surface area (Å²) in [4.78, 5) is 7.19. The van der Waals surface area contributed by atoms with Gasteiger partial charge in [0.25, 0.3) is 0 Å². The lowest BCUT2D eigenvalue weighted by molar-refractivity contribution is 0.703. The smallest absolute Gasteiger partial charge is 0.185 e. The molecule has 3 nitrogen and oxygen atoms in total. The van der Waals surface area contributed by atoms with Gasteiger partial charge in [-0.25, -0.2) is 4.98 Å². The predicted octanol–water partition coefficient (Wildman–Crippen LogP) is 3.37. The predicted molar refractivity (Wildman–Crippen MR) is 85.2 cm³/mol. The summed E-state index contributed by atoms with van der Waals surface area (Å²) in [7, 11) is 0. The van der Waals surface area contributed by atoms with E-state index in [2.05, 4.69) is 29.3 Å². The lowest BCUT2D eigenvalue weighted by atomic mass is 10.0. The molecule has 1 aromatic heterocycles. The molecule has 2 aromatic rings. The number of rotatable bonds is 4. The molecular weight excluding hydrogens is 266 g/mol. The van der Waals surface area contributed by atoms with E-state index in [4.69, 9.17) is 10.7 Å². The van der Waals surface area contributed by atoms with Crippen LogP contribution in [0.4, 0.5) is 5.13 Å². The van der Waals surface area contributed by atoms with Crippen LogP contribution >= 0.6 is 11.3 Å². The van der Waals surface area contributed by atoms with E-state index >= 15 is 0 Å². The molecule has 0 saturated carbocycles. The largest absolute Gasteiger partial charge is 0.345 e. The summed E-state index contributed by atoms with van der Waals surface area (Å²) < 4.78 is 0. The number of hydrogen-bond donors (Lipinski definition) is 1. The number of nitrogens with two attached hydrogens (primary N) is 1. The number of anilines is 1. The van der Waals surface area contributed by atoms with E-state index in [0.717, 1.165) is 23.8 Å². The first-order valence-corrected chi connectivity index (χ1v) is 8.13. The summed E-state index contributed by atoms with van der Waals surface area (Å²) in [5, 5.41) is 3.31. The van der Waals surface area contributed by atoms with Crippen LogP contribution in [0.3, 0.4) is 0 Å². The van der Waals surface area contributed by atoms with E-state index < -0.39 is 0 Å². The monoisotopic (exact) mass is 287 g/mol. The SMILES string of the molecule is CC1CCCN1c1nc(CC(N)c2ccccc2)cs1. The summed E-state index contributed by atoms with van der Waals surface area (Å²) in [5.41, 5.74) is 8.56. The molecule has 1 aromatic carbocycles. The van der Waals surface area contributed by atoms with Crippen LogP contribution in [-0.2, 0) is 6.42 Å². The molecule has 1 fully saturated rings. The number of aromatic nitrogens is 1. The zero-order chi connectivity index (χ0) is 13.9. The molecule has 0 aliphatic carbocycles. The molecule has 20 heavy (non-hydrogen) atoms. The topological polar surface area (TPSA) is 42.2 Å². The lowest BCUT2D eigenvalue weighted by Crippen LogP contribution is -2.26. The first-order chi connectivity index (χ1) is 9.74. The minimum absolute atomic E-state index is 0.0298. The third-order valence-corrected chi connectivity index (χ3v) is 4.92. The van der Waals surface area contributed by atoms with Crippen molar-refractivity contribution in [2.75, 3.05) is 11.4 Å². The molecule has 3 rings (SSSR count). The Morgan fingerprint density at radius 1 is 1.40 bits per heavy atom. The van der Waals surface area contributed by atoms with Gasteiger partial charge >= 0.3 is 0 Å². The van der Waals surface area contributed by atoms with Gasteiger partial charge in [-0.3, -0.25) is 0 Å². The van der Waals surface area contributed by atoms with Crippen molar-refractivity contribution in [3.63, 3.8) is 0 Å². The van der Waals surface area contributed by atoms with Crippen LogP contribution in [0.25, 0.3) is 0 Å². The van der Waals surface area contributed by atoms with Gasteiger partial charge in [-0.1, -0.05) is 30.3 Å². The van der Waals surface area contributed by atoms with Crippen molar-refractivity contribution in [2.24, 2.45) is 5.73 Å². The molecule has 0 spiro atoms. The van der Waals surface area contributed by atoms with Gasteiger partial charge in [-0.15, -0.1) is 11.3 Å². The molecule has 2 N–H and O–H groups in total. The second kappa shape index (κ2) is 5.94. The molecule has 0 amide bonds. The van der Waals surface area contributed by atoms with Crippen molar-refractivity contribution in [1.82, 2.24) is 4.98 Å². The highest BCUT2D eigenvalue weighted by atomic mass is 32.1. The van der Waals surface area contributed by atoms with Gasteiger partial charge in [-0.05, 0) is 25.3 Å². The molecule has 2 atom stereocenters. The molecule has 1 aliphatic rings. The maximum absolute atomic E-state index is 6.27. The molecule has 2 heterocycles. The molecule has 0 radical (unpaired) electrons. The Balaban J connectivity index is 1.68. The quantitative estimate of drug-likeness (QED) is 0.937. The van der Waals surface area contributed by atoms with Crippen LogP contribution < -0.4 is 10.6 Å². The maximum atomic E-state index is 6.27. The van der Waals surface area contributed by atoms with E-state index in [0.29, 0.717) is 6.04 Å². The van der Waals surface area contributed by atoms with E-state index in [-0.39, 0.29) is 6.04 Å². The summed E-state index contributed by atoms with van der Waals surface area (Å²) in [6, 6.07) is 10.9. The number of benzene rings is 1. The van der Waals surface area contributed by atoms with Crippen LogP contribution in [0.1, 0.15) is 37.1 Å². The minimum atomic E-state index is 0.0298. The fourth-order valence-electron chi connectivity index (χ4n) is 2.78. The first kappa shape index (κ1) is 13.6. The first-order valence-electron chi connectivity index (χ1n) is 7.25. The second-order valence-electron chi connectivity index (χ2n) is 5.53. The molecule has 1 aliphatic heterocycles. The second-order valence-corrected chi connectivity index (χ2v) is 6.36. The van der Waals surface area contributed by atoms with Crippen LogP contribution in [0, 0.1) is 0 Å². The minimum Gasteiger partial charge on any atom is -0.345 e. The zero-order valence-electron chi connectivity index (χ0n) is 11.8. The summed E-state index contributed by atoms with van der Waals surface area (Å²) in [5.74, 6) is 0. The highest BCUT2D eigenvalue weighted by Gasteiger charge is 2.23. The highest BCUT2D eigenvalue weighted by molar-refractivity contribution is 7.13.